The molecule has 6 heteroatoms. The maximum absolute atomic E-state index is 13.3. The van der Waals surface area contributed by atoms with E-state index in [1.807, 2.05) is 0 Å². The Morgan fingerprint density at radius 1 is 1.17 bits per heavy atom. The molecule has 1 N–H and O–H groups in total. The number of halogens is 5. The Kier molecular flexibility index (Phi) is 5.07. The molecule has 0 aliphatic heterocycles. The molecule has 0 spiro atoms. The molecule has 0 saturated carbocycles. The summed E-state index contributed by atoms with van der Waals surface area (Å²) in [7, 11) is 0. The fourth-order valence-electron chi connectivity index (χ4n) is 1.55. The van der Waals surface area contributed by atoms with E-state index in [0.717, 1.165) is 18.2 Å². The summed E-state index contributed by atoms with van der Waals surface area (Å²) in [4.78, 5) is 0. The third-order valence-corrected chi connectivity index (χ3v) is 2.51. The van der Waals surface area contributed by atoms with Gasteiger partial charge in [-0.05, 0) is 25.1 Å². The van der Waals surface area contributed by atoms with E-state index in [1.54, 1.807) is 6.92 Å². The zero-order valence-electron chi connectivity index (χ0n) is 9.82. The van der Waals surface area contributed by atoms with Crippen LogP contribution in [0.25, 0.3) is 0 Å². The maximum atomic E-state index is 13.3. The largest absolute Gasteiger partial charge is 0.404 e. The Bertz CT molecular complexity index is 368. The van der Waals surface area contributed by atoms with Crippen LogP contribution >= 0.6 is 0 Å². The van der Waals surface area contributed by atoms with Gasteiger partial charge < -0.3 is 5.32 Å². The second kappa shape index (κ2) is 6.13. The Labute approximate surface area is 102 Å². The minimum atomic E-state index is -4.54. The third kappa shape index (κ3) is 3.94. The van der Waals surface area contributed by atoms with Crippen LogP contribution in [-0.4, -0.2) is 18.8 Å². The lowest BCUT2D eigenvalue weighted by Gasteiger charge is -2.22. The predicted molar refractivity (Wildman–Crippen MR) is 58.2 cm³/mol. The van der Waals surface area contributed by atoms with Crippen molar-refractivity contribution in [3.8, 4) is 0 Å². The normalized spacial score (nSPS) is 13.7. The van der Waals surface area contributed by atoms with E-state index in [-0.39, 0.29) is 6.54 Å². The van der Waals surface area contributed by atoms with Crippen molar-refractivity contribution in [2.75, 3.05) is 6.54 Å². The van der Waals surface area contributed by atoms with Gasteiger partial charge in [-0.2, -0.15) is 13.2 Å². The van der Waals surface area contributed by atoms with E-state index in [0.29, 0.717) is 6.42 Å². The molecule has 0 fully saturated rings. The van der Waals surface area contributed by atoms with Crippen molar-refractivity contribution in [3.63, 3.8) is 0 Å². The Morgan fingerprint density at radius 2 is 1.72 bits per heavy atom. The number of hydrogen-bond acceptors (Lipinski definition) is 1. The standard InChI is InChI=1S/C12H14F5N/c1-2-6-18-11(12(15,16)17)7-8-9(13)4-3-5-10(8)14/h3-5,11,18H,2,6-7H2,1H3. The van der Waals surface area contributed by atoms with Crippen LogP contribution < -0.4 is 5.32 Å². The average Bonchev–Trinajstić information content (AvgIpc) is 2.26. The molecule has 1 unspecified atom stereocenters. The highest BCUT2D eigenvalue weighted by molar-refractivity contribution is 5.21. The van der Waals surface area contributed by atoms with Crippen molar-refractivity contribution >= 4 is 0 Å². The second-order valence-electron chi connectivity index (χ2n) is 3.95. The number of nitrogens with one attached hydrogen (secondary N) is 1. The van der Waals surface area contributed by atoms with E-state index >= 15 is 0 Å². The summed E-state index contributed by atoms with van der Waals surface area (Å²) in [5.74, 6) is -1.91. The van der Waals surface area contributed by atoms with Gasteiger partial charge in [0, 0.05) is 12.0 Å². The van der Waals surface area contributed by atoms with E-state index in [1.165, 1.54) is 0 Å². The first-order valence-electron chi connectivity index (χ1n) is 5.59. The predicted octanol–water partition coefficient (Wildman–Crippen LogP) is 3.44. The van der Waals surface area contributed by atoms with Gasteiger partial charge in [0.25, 0.3) is 0 Å². The number of rotatable bonds is 5. The van der Waals surface area contributed by atoms with Crippen molar-refractivity contribution in [1.82, 2.24) is 5.32 Å². The minimum absolute atomic E-state index is 0.139. The lowest BCUT2D eigenvalue weighted by Crippen LogP contribution is -2.44. The summed E-state index contributed by atoms with van der Waals surface area (Å²) in [6.45, 7) is 1.85. The van der Waals surface area contributed by atoms with Crippen LogP contribution in [0.3, 0.4) is 0 Å². The van der Waals surface area contributed by atoms with Gasteiger partial charge in [-0.3, -0.25) is 0 Å². The molecule has 1 aromatic rings. The van der Waals surface area contributed by atoms with E-state index in [9.17, 15) is 22.0 Å². The van der Waals surface area contributed by atoms with Crippen LogP contribution in [0, 0.1) is 11.6 Å². The summed E-state index contributed by atoms with van der Waals surface area (Å²) >= 11 is 0. The molecular formula is C12H14F5N. The Morgan fingerprint density at radius 3 is 2.17 bits per heavy atom. The van der Waals surface area contributed by atoms with Gasteiger partial charge in [0.1, 0.15) is 17.7 Å². The Hall–Kier alpha value is -1.17. The highest BCUT2D eigenvalue weighted by Crippen LogP contribution is 2.25. The second-order valence-corrected chi connectivity index (χ2v) is 3.95. The zero-order chi connectivity index (χ0) is 13.8. The fourth-order valence-corrected chi connectivity index (χ4v) is 1.55. The molecule has 0 bridgehead atoms. The van der Waals surface area contributed by atoms with Crippen molar-refractivity contribution in [3.05, 3.63) is 35.4 Å². The van der Waals surface area contributed by atoms with Crippen LogP contribution in [0.4, 0.5) is 22.0 Å². The molecule has 1 rings (SSSR count). The molecule has 0 amide bonds. The number of alkyl halides is 3. The fraction of sp³-hybridized carbons (Fsp3) is 0.500. The van der Waals surface area contributed by atoms with Crippen molar-refractivity contribution in [2.45, 2.75) is 32.0 Å². The van der Waals surface area contributed by atoms with Gasteiger partial charge in [-0.15, -0.1) is 0 Å². The molecule has 1 aromatic carbocycles. The van der Waals surface area contributed by atoms with Crippen LogP contribution in [0.2, 0.25) is 0 Å². The quantitative estimate of drug-likeness (QED) is 0.806. The van der Waals surface area contributed by atoms with Gasteiger partial charge in [-0.1, -0.05) is 13.0 Å². The number of benzene rings is 1. The third-order valence-electron chi connectivity index (χ3n) is 2.51. The summed E-state index contributed by atoms with van der Waals surface area (Å²) < 4.78 is 64.6. The topological polar surface area (TPSA) is 12.0 Å². The van der Waals surface area contributed by atoms with Crippen LogP contribution in [-0.2, 0) is 6.42 Å². The van der Waals surface area contributed by atoms with Gasteiger partial charge in [0.15, 0.2) is 0 Å². The lowest BCUT2D eigenvalue weighted by atomic mass is 10.0. The molecular weight excluding hydrogens is 253 g/mol. The van der Waals surface area contributed by atoms with Crippen molar-refractivity contribution in [1.29, 1.82) is 0 Å². The van der Waals surface area contributed by atoms with Crippen molar-refractivity contribution in [2.24, 2.45) is 0 Å². The SMILES string of the molecule is CCCNC(Cc1c(F)cccc1F)C(F)(F)F. The van der Waals surface area contributed by atoms with Gasteiger partial charge >= 0.3 is 6.18 Å². The molecule has 0 aliphatic carbocycles. The molecule has 0 aliphatic rings. The van der Waals surface area contributed by atoms with E-state index in [4.69, 9.17) is 0 Å². The van der Waals surface area contributed by atoms with E-state index < -0.39 is 35.8 Å². The highest BCUT2D eigenvalue weighted by Gasteiger charge is 2.39. The van der Waals surface area contributed by atoms with Crippen LogP contribution in [0.1, 0.15) is 18.9 Å². The first-order chi connectivity index (χ1) is 8.36. The van der Waals surface area contributed by atoms with Crippen LogP contribution in [0.5, 0.6) is 0 Å². The molecule has 0 heterocycles. The molecule has 0 radical (unpaired) electrons. The van der Waals surface area contributed by atoms with E-state index in [2.05, 4.69) is 5.32 Å². The van der Waals surface area contributed by atoms with Gasteiger partial charge in [0.2, 0.25) is 0 Å². The molecule has 18 heavy (non-hydrogen) atoms. The average molecular weight is 267 g/mol. The maximum Gasteiger partial charge on any atom is 0.404 e. The molecule has 0 aromatic heterocycles. The zero-order valence-corrected chi connectivity index (χ0v) is 9.82. The van der Waals surface area contributed by atoms with Crippen LogP contribution in [0.15, 0.2) is 18.2 Å². The summed E-state index contributed by atoms with van der Waals surface area (Å²) in [5.41, 5.74) is -0.538. The van der Waals surface area contributed by atoms with Gasteiger partial charge in [-0.25, -0.2) is 8.78 Å². The molecule has 102 valence electrons. The first-order valence-corrected chi connectivity index (χ1v) is 5.59. The first kappa shape index (κ1) is 14.9. The summed E-state index contributed by atoms with van der Waals surface area (Å²) in [6.07, 6.45) is -4.78. The molecule has 1 nitrogen and oxygen atoms in total. The lowest BCUT2D eigenvalue weighted by molar-refractivity contribution is -0.155. The molecule has 1 atom stereocenters. The molecule has 0 saturated heterocycles. The summed E-state index contributed by atoms with van der Waals surface area (Å²) in [6, 6.07) is 1.08. The Balaban J connectivity index is 2.89. The monoisotopic (exact) mass is 267 g/mol. The highest BCUT2D eigenvalue weighted by atomic mass is 19.4. The smallest absolute Gasteiger partial charge is 0.306 e. The van der Waals surface area contributed by atoms with Crippen molar-refractivity contribution < 1.29 is 22.0 Å². The summed E-state index contributed by atoms with van der Waals surface area (Å²) in [5, 5.41) is 2.25. The number of hydrogen-bond donors (Lipinski definition) is 1. The minimum Gasteiger partial charge on any atom is -0.306 e. The van der Waals surface area contributed by atoms with Gasteiger partial charge in [0.05, 0.1) is 0 Å².